The molecule has 0 spiro atoms. The summed E-state index contributed by atoms with van der Waals surface area (Å²) in [6, 6.07) is 9.41. The molecule has 0 aliphatic rings. The number of nitrogens with one attached hydrogen (secondary N) is 1. The van der Waals surface area contributed by atoms with Crippen LogP contribution in [-0.2, 0) is 24.5 Å². The first-order valence-electron chi connectivity index (χ1n) is 6.85. The summed E-state index contributed by atoms with van der Waals surface area (Å²) in [4.78, 5) is 26.1. The molecule has 116 valence electrons. The molecule has 1 heterocycles. The third kappa shape index (κ3) is 3.60. The van der Waals surface area contributed by atoms with Gasteiger partial charge < -0.3 is 9.84 Å². The topological polar surface area (TPSA) is 84.3 Å². The number of aliphatic hydroxyl groups excluding tert-OH is 1. The molecule has 0 saturated heterocycles. The van der Waals surface area contributed by atoms with Crippen LogP contribution in [0.1, 0.15) is 16.8 Å². The minimum atomic E-state index is -0.571. The molecule has 0 atom stereocenters. The first-order valence-corrected chi connectivity index (χ1v) is 6.85. The monoisotopic (exact) mass is 302 g/mol. The lowest BCUT2D eigenvalue weighted by molar-refractivity contribution is 0.0938. The van der Waals surface area contributed by atoms with Gasteiger partial charge in [-0.25, -0.2) is 4.79 Å². The Balaban J connectivity index is 2.48. The molecule has 0 bridgehead atoms. The quantitative estimate of drug-likeness (QED) is 0.585. The molecule has 0 unspecified atom stereocenters. The van der Waals surface area contributed by atoms with Gasteiger partial charge in [0.05, 0.1) is 18.8 Å². The van der Waals surface area contributed by atoms with Gasteiger partial charge in [-0.3, -0.25) is 14.3 Å². The molecule has 2 aromatic rings. The standard InChI is InChI=1S/C16H18N2O4/c1-2-8-22-11-18-14(9-12-6-4-3-5-7-12)13(10-19)15(20)17-16(18)21/h2-7,19H,1,8-11H2,(H,17,20,21). The van der Waals surface area contributed by atoms with Gasteiger partial charge >= 0.3 is 5.69 Å². The van der Waals surface area contributed by atoms with Crippen molar-refractivity contribution in [1.29, 1.82) is 0 Å². The summed E-state index contributed by atoms with van der Waals surface area (Å²) in [7, 11) is 0. The molecule has 1 aromatic heterocycles. The highest BCUT2D eigenvalue weighted by Crippen LogP contribution is 2.11. The number of hydrogen-bond acceptors (Lipinski definition) is 4. The van der Waals surface area contributed by atoms with Crippen LogP contribution >= 0.6 is 0 Å². The molecule has 0 amide bonds. The second-order valence-electron chi connectivity index (χ2n) is 4.72. The first kappa shape index (κ1) is 15.9. The van der Waals surface area contributed by atoms with Gasteiger partial charge in [-0.2, -0.15) is 0 Å². The Morgan fingerprint density at radius 3 is 2.64 bits per heavy atom. The van der Waals surface area contributed by atoms with Crippen molar-refractivity contribution in [2.24, 2.45) is 0 Å². The van der Waals surface area contributed by atoms with Crippen LogP contribution in [0.4, 0.5) is 0 Å². The van der Waals surface area contributed by atoms with E-state index in [1.165, 1.54) is 4.57 Å². The number of H-pyrrole nitrogens is 1. The smallest absolute Gasteiger partial charge is 0.330 e. The Labute approximate surface area is 127 Å². The van der Waals surface area contributed by atoms with Gasteiger partial charge in [0.2, 0.25) is 0 Å². The summed E-state index contributed by atoms with van der Waals surface area (Å²) in [5, 5.41) is 9.47. The SMILES string of the molecule is C=CCOCn1c(Cc2ccccc2)c(CO)c(=O)[nH]c1=O. The summed E-state index contributed by atoms with van der Waals surface area (Å²) in [6.45, 7) is 3.36. The van der Waals surface area contributed by atoms with Crippen LogP contribution in [-0.4, -0.2) is 21.3 Å². The average Bonchev–Trinajstić information content (AvgIpc) is 2.51. The molecular formula is C16H18N2O4. The van der Waals surface area contributed by atoms with E-state index in [1.807, 2.05) is 30.3 Å². The predicted octanol–water partition coefficient (Wildman–Crippen LogP) is 0.780. The number of aromatic nitrogens is 2. The van der Waals surface area contributed by atoms with Gasteiger partial charge in [-0.1, -0.05) is 36.4 Å². The second kappa shape index (κ2) is 7.53. The third-order valence-electron chi connectivity index (χ3n) is 3.24. The lowest BCUT2D eigenvalue weighted by atomic mass is 10.1. The molecule has 0 aliphatic carbocycles. The molecule has 22 heavy (non-hydrogen) atoms. The van der Waals surface area contributed by atoms with Crippen LogP contribution in [0, 0.1) is 0 Å². The van der Waals surface area contributed by atoms with Crippen LogP contribution in [0.3, 0.4) is 0 Å². The number of ether oxygens (including phenoxy) is 1. The molecule has 6 nitrogen and oxygen atoms in total. The van der Waals surface area contributed by atoms with Crippen LogP contribution in [0.5, 0.6) is 0 Å². The summed E-state index contributed by atoms with van der Waals surface area (Å²) in [5.74, 6) is 0. The van der Waals surface area contributed by atoms with Gasteiger partial charge in [0.1, 0.15) is 6.73 Å². The van der Waals surface area contributed by atoms with E-state index in [0.29, 0.717) is 12.1 Å². The van der Waals surface area contributed by atoms with Crippen LogP contribution < -0.4 is 11.2 Å². The fourth-order valence-corrected chi connectivity index (χ4v) is 2.17. The maximum absolute atomic E-state index is 12.0. The highest BCUT2D eigenvalue weighted by Gasteiger charge is 2.14. The molecule has 1 aromatic carbocycles. The van der Waals surface area contributed by atoms with Crippen LogP contribution in [0.2, 0.25) is 0 Å². The number of benzene rings is 1. The maximum atomic E-state index is 12.0. The number of hydrogen-bond donors (Lipinski definition) is 2. The lowest BCUT2D eigenvalue weighted by Crippen LogP contribution is -2.36. The van der Waals surface area contributed by atoms with E-state index in [9.17, 15) is 14.7 Å². The van der Waals surface area contributed by atoms with Crippen molar-refractivity contribution < 1.29 is 9.84 Å². The molecule has 0 fully saturated rings. The summed E-state index contributed by atoms with van der Waals surface area (Å²) in [6.07, 6.45) is 1.92. The van der Waals surface area contributed by atoms with Crippen molar-refractivity contribution in [2.45, 2.75) is 19.8 Å². The van der Waals surface area contributed by atoms with E-state index in [0.717, 1.165) is 5.56 Å². The summed E-state index contributed by atoms with van der Waals surface area (Å²) < 4.78 is 6.63. The lowest BCUT2D eigenvalue weighted by Gasteiger charge is -2.15. The largest absolute Gasteiger partial charge is 0.391 e. The van der Waals surface area contributed by atoms with E-state index in [1.54, 1.807) is 6.08 Å². The molecule has 2 rings (SSSR count). The van der Waals surface area contributed by atoms with Crippen molar-refractivity contribution >= 4 is 0 Å². The van der Waals surface area contributed by atoms with E-state index < -0.39 is 17.9 Å². The molecule has 0 aliphatic heterocycles. The Morgan fingerprint density at radius 2 is 2.00 bits per heavy atom. The fraction of sp³-hybridized carbons (Fsp3) is 0.250. The van der Waals surface area contributed by atoms with Gasteiger partial charge in [0.25, 0.3) is 5.56 Å². The highest BCUT2D eigenvalue weighted by molar-refractivity contribution is 5.26. The van der Waals surface area contributed by atoms with Crippen molar-refractivity contribution in [2.75, 3.05) is 6.61 Å². The van der Waals surface area contributed by atoms with Gasteiger partial charge in [-0.15, -0.1) is 6.58 Å². The number of aliphatic hydroxyl groups is 1. The molecular weight excluding hydrogens is 284 g/mol. The zero-order valence-corrected chi connectivity index (χ0v) is 12.1. The summed E-state index contributed by atoms with van der Waals surface area (Å²) in [5.41, 5.74) is 0.424. The molecule has 0 radical (unpaired) electrons. The van der Waals surface area contributed by atoms with E-state index >= 15 is 0 Å². The number of nitrogens with zero attached hydrogens (tertiary/aromatic N) is 1. The van der Waals surface area contributed by atoms with Crippen molar-refractivity contribution in [3.63, 3.8) is 0 Å². The number of rotatable bonds is 7. The van der Waals surface area contributed by atoms with E-state index in [4.69, 9.17) is 4.74 Å². The van der Waals surface area contributed by atoms with Crippen molar-refractivity contribution in [1.82, 2.24) is 9.55 Å². The Kier molecular flexibility index (Phi) is 5.46. The first-order chi connectivity index (χ1) is 10.7. The average molecular weight is 302 g/mol. The summed E-state index contributed by atoms with van der Waals surface area (Å²) >= 11 is 0. The fourth-order valence-electron chi connectivity index (χ4n) is 2.17. The van der Waals surface area contributed by atoms with Crippen LogP contribution in [0.25, 0.3) is 0 Å². The Hall–Kier alpha value is -2.44. The predicted molar refractivity (Wildman–Crippen MR) is 82.6 cm³/mol. The Bertz CT molecular complexity index is 747. The minimum absolute atomic E-state index is 0.0171. The van der Waals surface area contributed by atoms with Crippen LogP contribution in [0.15, 0.2) is 52.6 Å². The van der Waals surface area contributed by atoms with Gasteiger partial charge in [-0.05, 0) is 5.56 Å². The third-order valence-corrected chi connectivity index (χ3v) is 3.24. The zero-order valence-electron chi connectivity index (χ0n) is 12.1. The minimum Gasteiger partial charge on any atom is -0.391 e. The molecule has 2 N–H and O–H groups in total. The zero-order chi connectivity index (χ0) is 15.9. The van der Waals surface area contributed by atoms with E-state index in [-0.39, 0.29) is 18.9 Å². The van der Waals surface area contributed by atoms with Crippen molar-refractivity contribution in [3.05, 3.63) is 80.6 Å². The van der Waals surface area contributed by atoms with E-state index in [2.05, 4.69) is 11.6 Å². The Morgan fingerprint density at radius 1 is 1.27 bits per heavy atom. The van der Waals surface area contributed by atoms with Gasteiger partial charge in [0.15, 0.2) is 0 Å². The number of aromatic amines is 1. The second-order valence-corrected chi connectivity index (χ2v) is 4.72. The normalized spacial score (nSPS) is 10.6. The van der Waals surface area contributed by atoms with Crippen molar-refractivity contribution in [3.8, 4) is 0 Å². The molecule has 0 saturated carbocycles. The maximum Gasteiger partial charge on any atom is 0.330 e. The highest BCUT2D eigenvalue weighted by atomic mass is 16.5. The van der Waals surface area contributed by atoms with Gasteiger partial charge in [0, 0.05) is 12.1 Å². The molecule has 6 heteroatoms.